The molecular weight excluding hydrogens is 492 g/mol. The molecule has 4 N–H and O–H groups in total. The zero-order chi connectivity index (χ0) is 27.5. The van der Waals surface area contributed by atoms with Gasteiger partial charge in [-0.25, -0.2) is 0 Å². The fraction of sp³-hybridized carbons (Fsp3) is 0.355. The van der Waals surface area contributed by atoms with Gasteiger partial charge in [0.25, 0.3) is 0 Å². The molecule has 2 atom stereocenters. The van der Waals surface area contributed by atoms with E-state index >= 15 is 0 Å². The summed E-state index contributed by atoms with van der Waals surface area (Å²) in [5.74, 6) is 2.05. The average molecular weight is 531 g/mol. The molecule has 1 aliphatic rings. The summed E-state index contributed by atoms with van der Waals surface area (Å²) in [5.41, 5.74) is 7.44. The predicted octanol–water partition coefficient (Wildman–Crippen LogP) is 3.64. The van der Waals surface area contributed by atoms with Gasteiger partial charge in [0.05, 0.1) is 7.11 Å². The van der Waals surface area contributed by atoms with E-state index in [1.54, 1.807) is 12.0 Å². The minimum Gasteiger partial charge on any atom is -0.497 e. The van der Waals surface area contributed by atoms with Crippen LogP contribution >= 0.6 is 0 Å². The molecule has 39 heavy (non-hydrogen) atoms. The van der Waals surface area contributed by atoms with E-state index in [1.807, 2.05) is 78.9 Å². The van der Waals surface area contributed by atoms with E-state index in [0.717, 1.165) is 48.6 Å². The average Bonchev–Trinajstić information content (AvgIpc) is 2.96. The number of ether oxygens (including phenoxy) is 2. The highest BCUT2D eigenvalue weighted by Gasteiger charge is 2.40. The molecule has 206 valence electrons. The number of amides is 2. The molecule has 0 unspecified atom stereocenters. The van der Waals surface area contributed by atoms with E-state index in [9.17, 15) is 9.59 Å². The fourth-order valence-corrected chi connectivity index (χ4v) is 4.73. The standard InChI is InChI=1S/C31H38N4O4/c1-38-25-14-10-23(11-15-25)21-28-31(37)35(29(30(36)34-28)9-5-6-19-33-20-18-32)22-24-12-16-27(17-13-24)39-26-7-3-2-4-8-26/h2-4,7-8,10-17,28-29,33H,5-6,9,18-22,32H2,1H3,(H,34,36)/t28-,29-/m0/s1. The SMILES string of the molecule is COc1ccc(C[C@@H]2NC(=O)[C@H](CCCCNCCN)N(Cc3ccc(Oc4ccccc4)cc3)C2=O)cc1. The quantitative estimate of drug-likeness (QED) is 0.275. The lowest BCUT2D eigenvalue weighted by atomic mass is 9.96. The predicted molar refractivity (Wildman–Crippen MR) is 152 cm³/mol. The van der Waals surface area contributed by atoms with Gasteiger partial charge in [-0.3, -0.25) is 9.59 Å². The summed E-state index contributed by atoms with van der Waals surface area (Å²) >= 11 is 0. The number of nitrogens with two attached hydrogens (primary N) is 1. The van der Waals surface area contributed by atoms with Crippen molar-refractivity contribution in [3.05, 3.63) is 90.0 Å². The number of unbranched alkanes of at least 4 members (excludes halogenated alkanes) is 1. The molecule has 1 aliphatic heterocycles. The van der Waals surface area contributed by atoms with Crippen LogP contribution in [0.3, 0.4) is 0 Å². The smallest absolute Gasteiger partial charge is 0.246 e. The second-order valence-electron chi connectivity index (χ2n) is 9.69. The molecule has 0 saturated carbocycles. The normalized spacial score (nSPS) is 17.1. The van der Waals surface area contributed by atoms with Crippen molar-refractivity contribution in [1.82, 2.24) is 15.5 Å². The van der Waals surface area contributed by atoms with Gasteiger partial charge in [0.15, 0.2) is 0 Å². The molecule has 8 nitrogen and oxygen atoms in total. The molecule has 4 rings (SSSR count). The second kappa shape index (κ2) is 14.3. The summed E-state index contributed by atoms with van der Waals surface area (Å²) in [6, 6.07) is 23.7. The maximum absolute atomic E-state index is 13.7. The Morgan fingerprint density at radius 3 is 2.21 bits per heavy atom. The van der Waals surface area contributed by atoms with Crippen molar-refractivity contribution in [2.24, 2.45) is 5.73 Å². The van der Waals surface area contributed by atoms with Crippen molar-refractivity contribution < 1.29 is 19.1 Å². The number of benzene rings is 3. The highest BCUT2D eigenvalue weighted by atomic mass is 16.5. The minimum absolute atomic E-state index is 0.0683. The van der Waals surface area contributed by atoms with Gasteiger partial charge in [-0.15, -0.1) is 0 Å². The van der Waals surface area contributed by atoms with Gasteiger partial charge in [-0.2, -0.15) is 0 Å². The Hall–Kier alpha value is -3.88. The first-order valence-corrected chi connectivity index (χ1v) is 13.5. The number of nitrogens with zero attached hydrogens (tertiary/aromatic N) is 1. The number of para-hydroxylation sites is 1. The van der Waals surface area contributed by atoms with E-state index in [-0.39, 0.29) is 11.8 Å². The number of hydrogen-bond acceptors (Lipinski definition) is 6. The van der Waals surface area contributed by atoms with Crippen LogP contribution in [0, 0.1) is 0 Å². The van der Waals surface area contributed by atoms with Gasteiger partial charge in [0.1, 0.15) is 29.3 Å². The van der Waals surface area contributed by atoms with Crippen LogP contribution in [0.4, 0.5) is 0 Å². The zero-order valence-corrected chi connectivity index (χ0v) is 22.5. The van der Waals surface area contributed by atoms with Gasteiger partial charge < -0.3 is 30.7 Å². The summed E-state index contributed by atoms with van der Waals surface area (Å²) in [6.45, 7) is 2.55. The van der Waals surface area contributed by atoms with Crippen LogP contribution in [0.15, 0.2) is 78.9 Å². The monoisotopic (exact) mass is 530 g/mol. The number of methoxy groups -OCH3 is 1. The van der Waals surface area contributed by atoms with E-state index < -0.39 is 12.1 Å². The first kappa shape index (κ1) is 28.1. The molecule has 2 amide bonds. The lowest BCUT2D eigenvalue weighted by Gasteiger charge is -2.39. The molecule has 1 saturated heterocycles. The molecule has 0 bridgehead atoms. The van der Waals surface area contributed by atoms with Crippen LogP contribution in [0.1, 0.15) is 30.4 Å². The van der Waals surface area contributed by atoms with E-state index in [1.165, 1.54) is 0 Å². The Labute approximate surface area is 230 Å². The molecular formula is C31H38N4O4. The largest absolute Gasteiger partial charge is 0.497 e. The zero-order valence-electron chi connectivity index (χ0n) is 22.5. The van der Waals surface area contributed by atoms with Crippen molar-refractivity contribution in [3.8, 4) is 17.2 Å². The maximum Gasteiger partial charge on any atom is 0.246 e. The number of carbonyl (C=O) groups is 2. The second-order valence-corrected chi connectivity index (χ2v) is 9.69. The summed E-state index contributed by atoms with van der Waals surface area (Å²) in [7, 11) is 1.62. The third kappa shape index (κ3) is 8.05. The van der Waals surface area contributed by atoms with Crippen LogP contribution in [0.2, 0.25) is 0 Å². The van der Waals surface area contributed by atoms with Gasteiger partial charge in [0.2, 0.25) is 11.8 Å². The van der Waals surface area contributed by atoms with Crippen molar-refractivity contribution in [2.75, 3.05) is 26.7 Å². The maximum atomic E-state index is 13.7. The number of carbonyl (C=O) groups excluding carboxylic acids is 2. The van der Waals surface area contributed by atoms with Gasteiger partial charge in [-0.05, 0) is 73.3 Å². The summed E-state index contributed by atoms with van der Waals surface area (Å²) in [4.78, 5) is 28.8. The fourth-order valence-electron chi connectivity index (χ4n) is 4.73. The molecule has 1 heterocycles. The summed E-state index contributed by atoms with van der Waals surface area (Å²) in [5, 5.41) is 6.28. The number of hydrogen-bond donors (Lipinski definition) is 3. The van der Waals surface area contributed by atoms with Crippen molar-refractivity contribution in [2.45, 2.75) is 44.3 Å². The van der Waals surface area contributed by atoms with Crippen molar-refractivity contribution in [1.29, 1.82) is 0 Å². The van der Waals surface area contributed by atoms with Gasteiger partial charge >= 0.3 is 0 Å². The Morgan fingerprint density at radius 2 is 1.51 bits per heavy atom. The van der Waals surface area contributed by atoms with E-state index in [2.05, 4.69) is 10.6 Å². The Morgan fingerprint density at radius 1 is 0.846 bits per heavy atom. The van der Waals surface area contributed by atoms with Crippen LogP contribution < -0.4 is 25.8 Å². The molecule has 3 aromatic carbocycles. The lowest BCUT2D eigenvalue weighted by molar-refractivity contribution is -0.150. The summed E-state index contributed by atoms with van der Waals surface area (Å²) < 4.78 is 11.1. The van der Waals surface area contributed by atoms with E-state index in [0.29, 0.717) is 31.7 Å². The lowest BCUT2D eigenvalue weighted by Crippen LogP contribution is -2.63. The molecule has 0 spiro atoms. The molecule has 3 aromatic rings. The third-order valence-corrected chi connectivity index (χ3v) is 6.83. The number of rotatable bonds is 14. The molecule has 0 radical (unpaired) electrons. The van der Waals surface area contributed by atoms with Crippen molar-refractivity contribution >= 4 is 11.8 Å². The topological polar surface area (TPSA) is 106 Å². The number of nitrogens with one attached hydrogen (secondary N) is 2. The first-order chi connectivity index (χ1) is 19.1. The first-order valence-electron chi connectivity index (χ1n) is 13.5. The molecule has 1 fully saturated rings. The van der Waals surface area contributed by atoms with Gasteiger partial charge in [0, 0.05) is 26.1 Å². The number of piperazine rings is 1. The Bertz CT molecular complexity index is 1190. The van der Waals surface area contributed by atoms with Crippen LogP contribution in [-0.2, 0) is 22.6 Å². The van der Waals surface area contributed by atoms with Gasteiger partial charge in [-0.1, -0.05) is 42.5 Å². The Kier molecular flexibility index (Phi) is 10.3. The summed E-state index contributed by atoms with van der Waals surface area (Å²) in [6.07, 6.45) is 2.76. The highest BCUT2D eigenvalue weighted by molar-refractivity contribution is 5.97. The van der Waals surface area contributed by atoms with E-state index in [4.69, 9.17) is 15.2 Å². The van der Waals surface area contributed by atoms with Crippen LogP contribution in [0.25, 0.3) is 0 Å². The third-order valence-electron chi connectivity index (χ3n) is 6.83. The molecule has 0 aromatic heterocycles. The van der Waals surface area contributed by atoms with Crippen LogP contribution in [-0.4, -0.2) is 55.5 Å². The highest BCUT2D eigenvalue weighted by Crippen LogP contribution is 2.25. The van der Waals surface area contributed by atoms with Crippen LogP contribution in [0.5, 0.6) is 17.2 Å². The van der Waals surface area contributed by atoms with Crippen molar-refractivity contribution in [3.63, 3.8) is 0 Å². The Balaban J connectivity index is 1.46. The molecule has 8 heteroatoms. The molecule has 0 aliphatic carbocycles. The minimum atomic E-state index is -0.617.